The number of carbonyl (C=O) groups excluding carboxylic acids is 1. The minimum absolute atomic E-state index is 0.0908. The molecule has 0 spiro atoms. The molecule has 0 aromatic heterocycles. The van der Waals surface area contributed by atoms with Gasteiger partial charge in [-0.25, -0.2) is 0 Å². The van der Waals surface area contributed by atoms with Crippen LogP contribution in [0.15, 0.2) is 53.4 Å². The van der Waals surface area contributed by atoms with Gasteiger partial charge in [0, 0.05) is 22.6 Å². The Morgan fingerprint density at radius 1 is 1.14 bits per heavy atom. The van der Waals surface area contributed by atoms with Gasteiger partial charge in [0.25, 0.3) is 0 Å². The molecule has 4 heteroatoms. The van der Waals surface area contributed by atoms with E-state index in [1.807, 2.05) is 49.5 Å². The fraction of sp³-hybridized carbons (Fsp3) is 0.235. The van der Waals surface area contributed by atoms with E-state index in [-0.39, 0.29) is 11.8 Å². The molecule has 2 aromatic rings. The third-order valence-corrected chi connectivity index (χ3v) is 4.75. The van der Waals surface area contributed by atoms with Gasteiger partial charge in [0.2, 0.25) is 0 Å². The third kappa shape index (κ3) is 3.12. The van der Waals surface area contributed by atoms with Crippen LogP contribution in [0.3, 0.4) is 0 Å². The summed E-state index contributed by atoms with van der Waals surface area (Å²) >= 11 is 1.71. The molecule has 0 unspecified atom stereocenters. The molecule has 2 aromatic carbocycles. The summed E-state index contributed by atoms with van der Waals surface area (Å²) in [5.41, 5.74) is 0.995. The lowest BCUT2D eigenvalue weighted by Gasteiger charge is -2.12. The highest BCUT2D eigenvalue weighted by atomic mass is 32.2. The van der Waals surface area contributed by atoms with Crippen molar-refractivity contribution < 1.29 is 9.53 Å². The van der Waals surface area contributed by atoms with Crippen molar-refractivity contribution in [3.63, 3.8) is 0 Å². The predicted molar refractivity (Wildman–Crippen MR) is 85.2 cm³/mol. The van der Waals surface area contributed by atoms with Crippen LogP contribution in [0.2, 0.25) is 0 Å². The van der Waals surface area contributed by atoms with Gasteiger partial charge in [-0.05, 0) is 31.3 Å². The molecule has 0 bridgehead atoms. The molecule has 0 fully saturated rings. The van der Waals surface area contributed by atoms with Crippen LogP contribution >= 0.6 is 11.8 Å². The molecule has 3 rings (SSSR count). The Bertz CT molecular complexity index is 642. The van der Waals surface area contributed by atoms with Crippen molar-refractivity contribution in [2.45, 2.75) is 17.4 Å². The first-order chi connectivity index (χ1) is 10.3. The van der Waals surface area contributed by atoms with Gasteiger partial charge in [-0.3, -0.25) is 4.79 Å². The average molecular weight is 299 g/mol. The molecule has 3 nitrogen and oxygen atoms in total. The topological polar surface area (TPSA) is 38.3 Å². The van der Waals surface area contributed by atoms with Crippen LogP contribution in [0.1, 0.15) is 5.56 Å². The summed E-state index contributed by atoms with van der Waals surface area (Å²) < 4.78 is 5.96. The van der Waals surface area contributed by atoms with Crippen molar-refractivity contribution in [2.24, 2.45) is 0 Å². The maximum atomic E-state index is 12.3. The number of para-hydroxylation sites is 1. The highest BCUT2D eigenvalue weighted by Gasteiger charge is 2.25. The lowest BCUT2D eigenvalue weighted by molar-refractivity contribution is -0.119. The van der Waals surface area contributed by atoms with Gasteiger partial charge < -0.3 is 10.1 Å². The van der Waals surface area contributed by atoms with E-state index in [0.717, 1.165) is 27.7 Å². The lowest BCUT2D eigenvalue weighted by atomic mass is 10.0. The largest absolute Gasteiger partial charge is 0.457 e. The summed E-state index contributed by atoms with van der Waals surface area (Å²) in [6.45, 7) is 0. The molecule has 0 amide bonds. The molecule has 1 heterocycles. The highest BCUT2D eigenvalue weighted by Crippen LogP contribution is 2.36. The molecule has 1 atom stereocenters. The second-order valence-electron chi connectivity index (χ2n) is 4.94. The Balaban J connectivity index is 1.93. The highest BCUT2D eigenvalue weighted by molar-refractivity contribution is 7.99. The van der Waals surface area contributed by atoms with Gasteiger partial charge in [-0.2, -0.15) is 0 Å². The Kier molecular flexibility index (Phi) is 4.27. The zero-order valence-corrected chi connectivity index (χ0v) is 12.7. The molecule has 108 valence electrons. The van der Waals surface area contributed by atoms with Crippen molar-refractivity contribution in [1.82, 2.24) is 5.32 Å². The zero-order chi connectivity index (χ0) is 14.7. The molecule has 21 heavy (non-hydrogen) atoms. The van der Waals surface area contributed by atoms with Crippen LogP contribution < -0.4 is 10.1 Å². The Labute approximate surface area is 128 Å². The molecule has 0 saturated carbocycles. The van der Waals surface area contributed by atoms with Crippen LogP contribution in [0.25, 0.3) is 0 Å². The number of rotatable bonds is 3. The van der Waals surface area contributed by atoms with E-state index in [1.165, 1.54) is 0 Å². The Morgan fingerprint density at radius 3 is 2.71 bits per heavy atom. The second kappa shape index (κ2) is 6.33. The lowest BCUT2D eigenvalue weighted by Crippen LogP contribution is -2.36. The van der Waals surface area contributed by atoms with Gasteiger partial charge in [0.15, 0.2) is 5.78 Å². The van der Waals surface area contributed by atoms with Crippen molar-refractivity contribution in [3.05, 3.63) is 54.1 Å². The molecule has 0 saturated heterocycles. The molecular formula is C17H17NO2S. The monoisotopic (exact) mass is 299 g/mol. The van der Waals surface area contributed by atoms with Crippen LogP contribution in [0.4, 0.5) is 0 Å². The summed E-state index contributed by atoms with van der Waals surface area (Å²) in [5, 5.41) is 3.09. The number of ether oxygens (including phenoxy) is 1. The smallest absolute Gasteiger partial charge is 0.155 e. The van der Waals surface area contributed by atoms with E-state index in [4.69, 9.17) is 4.74 Å². The first-order valence-corrected chi connectivity index (χ1v) is 7.94. The van der Waals surface area contributed by atoms with E-state index >= 15 is 0 Å². The second-order valence-corrected chi connectivity index (χ2v) is 6.01. The summed E-state index contributed by atoms with van der Waals surface area (Å²) in [5.74, 6) is 2.54. The number of Topliss-reactive ketones (excluding diaryl/α,β-unsaturated/α-hetero) is 1. The fourth-order valence-electron chi connectivity index (χ4n) is 2.37. The number of carbonyl (C=O) groups is 1. The summed E-state index contributed by atoms with van der Waals surface area (Å²) in [4.78, 5) is 13.4. The summed E-state index contributed by atoms with van der Waals surface area (Å²) in [7, 11) is 1.83. The maximum Gasteiger partial charge on any atom is 0.155 e. The van der Waals surface area contributed by atoms with Crippen LogP contribution in [0.5, 0.6) is 11.5 Å². The SMILES string of the molecule is CN[C@H]1CSc2cccc(Oc3ccccc3)c2CC1=O. The van der Waals surface area contributed by atoms with Crippen molar-refractivity contribution in [1.29, 1.82) is 0 Å². The van der Waals surface area contributed by atoms with Gasteiger partial charge in [0.1, 0.15) is 11.5 Å². The summed E-state index contributed by atoms with van der Waals surface area (Å²) in [6, 6.07) is 15.5. The molecule has 1 N–H and O–H groups in total. The number of ketones is 1. The van der Waals surface area contributed by atoms with Gasteiger partial charge >= 0.3 is 0 Å². The number of fused-ring (bicyclic) bond motifs is 1. The minimum atomic E-state index is -0.0908. The minimum Gasteiger partial charge on any atom is -0.457 e. The zero-order valence-electron chi connectivity index (χ0n) is 11.8. The van der Waals surface area contributed by atoms with Gasteiger partial charge in [0.05, 0.1) is 6.04 Å². The molecular weight excluding hydrogens is 282 g/mol. The van der Waals surface area contributed by atoms with E-state index < -0.39 is 0 Å². The maximum absolute atomic E-state index is 12.3. The van der Waals surface area contributed by atoms with Gasteiger partial charge in [-0.1, -0.05) is 24.3 Å². The van der Waals surface area contributed by atoms with Crippen molar-refractivity contribution in [3.8, 4) is 11.5 Å². The quantitative estimate of drug-likeness (QED) is 0.944. The molecule has 1 aliphatic rings. The molecule has 0 radical (unpaired) electrons. The number of hydrogen-bond acceptors (Lipinski definition) is 4. The number of nitrogens with one attached hydrogen (secondary N) is 1. The Hall–Kier alpha value is -1.78. The van der Waals surface area contributed by atoms with E-state index in [1.54, 1.807) is 11.8 Å². The first kappa shape index (κ1) is 14.2. The van der Waals surface area contributed by atoms with E-state index in [9.17, 15) is 4.79 Å². The normalized spacial score (nSPS) is 18.0. The number of likely N-dealkylation sites (N-methyl/N-ethyl adjacent to an activating group) is 1. The fourth-order valence-corrected chi connectivity index (χ4v) is 3.59. The van der Waals surface area contributed by atoms with Crippen LogP contribution in [0, 0.1) is 0 Å². The number of hydrogen-bond donors (Lipinski definition) is 1. The van der Waals surface area contributed by atoms with Gasteiger partial charge in [-0.15, -0.1) is 11.8 Å². The third-order valence-electron chi connectivity index (χ3n) is 3.55. The summed E-state index contributed by atoms with van der Waals surface area (Å²) in [6.07, 6.45) is 0.414. The van der Waals surface area contributed by atoms with E-state index in [2.05, 4.69) is 11.4 Å². The first-order valence-electron chi connectivity index (χ1n) is 6.95. The number of benzene rings is 2. The van der Waals surface area contributed by atoms with Crippen molar-refractivity contribution >= 4 is 17.5 Å². The Morgan fingerprint density at radius 2 is 1.95 bits per heavy atom. The predicted octanol–water partition coefficient (Wildman–Crippen LogP) is 3.28. The number of thioether (sulfide) groups is 1. The van der Waals surface area contributed by atoms with Crippen LogP contribution in [-0.4, -0.2) is 24.6 Å². The van der Waals surface area contributed by atoms with E-state index in [0.29, 0.717) is 6.42 Å². The average Bonchev–Trinajstić information content (AvgIpc) is 2.67. The standard InChI is InChI=1S/C17H17NO2S/c1-18-14-11-21-17-9-5-8-16(13(17)10-15(14)19)20-12-6-3-2-4-7-12/h2-9,14,18H,10-11H2,1H3/t14-/m0/s1. The molecule has 1 aliphatic heterocycles. The molecule has 0 aliphatic carbocycles. The van der Waals surface area contributed by atoms with Crippen molar-refractivity contribution in [2.75, 3.05) is 12.8 Å². The van der Waals surface area contributed by atoms with Crippen LogP contribution in [-0.2, 0) is 11.2 Å².